The summed E-state index contributed by atoms with van der Waals surface area (Å²) in [4.78, 5) is 161. The van der Waals surface area contributed by atoms with Crippen molar-refractivity contribution in [3.05, 3.63) is 122 Å². The molecule has 710 valence electrons. The number of carbonyl (C=O) groups excluding carboxylic acids is 15. The third-order valence-electron chi connectivity index (χ3n) is 30.7. The van der Waals surface area contributed by atoms with E-state index in [9.17, 15) is 71.9 Å². The predicted octanol–water partition coefficient (Wildman–Crippen LogP) is 18.1. The molecule has 5 saturated carbocycles. The van der Waals surface area contributed by atoms with E-state index < -0.39 is 100 Å². The summed E-state index contributed by atoms with van der Waals surface area (Å²) in [6, 6.07) is 13.0. The Kier molecular flexibility index (Phi) is 33.3. The maximum atomic E-state index is 12.4. The first-order chi connectivity index (χ1) is 60.8. The second-order valence-electron chi connectivity index (χ2n) is 45.0. The molecule has 20 rings (SSSR count). The summed E-state index contributed by atoms with van der Waals surface area (Å²) in [7, 11) is -4.89. The molecule has 10 aliphatic heterocycles. The molecule has 5 saturated heterocycles. The van der Waals surface area contributed by atoms with E-state index in [1.165, 1.54) is 92.5 Å². The lowest BCUT2D eigenvalue weighted by atomic mass is 9.92. The molecule has 15 atom stereocenters. The van der Waals surface area contributed by atoms with E-state index in [0.717, 1.165) is 157 Å². The first-order valence-corrected chi connectivity index (χ1v) is 64.6. The molecule has 30 heteroatoms. The Morgan fingerprint density at radius 3 is 0.431 bits per heavy atom. The zero-order chi connectivity index (χ0) is 94.7. The highest BCUT2D eigenvalue weighted by Gasteiger charge is 2.52. The molecule has 0 N–H and O–H groups in total. The molecule has 10 aliphatic carbocycles. The second kappa shape index (κ2) is 42.4. The van der Waals surface area contributed by atoms with Crippen molar-refractivity contribution in [2.45, 2.75) is 317 Å². The zero-order valence-electron chi connectivity index (χ0n) is 79.1. The molecule has 25 nitrogen and oxygen atoms in total. The summed E-state index contributed by atoms with van der Waals surface area (Å²) >= 11 is 0. The monoisotopic (exact) mass is 1880 g/mol. The Bertz CT molecular complexity index is 3850. The van der Waals surface area contributed by atoms with Crippen LogP contribution in [0, 0.1) is 88.8 Å². The molecule has 0 aromatic carbocycles. The van der Waals surface area contributed by atoms with Gasteiger partial charge in [-0.2, -0.15) is 0 Å². The van der Waals surface area contributed by atoms with Gasteiger partial charge in [0.15, 0.2) is 0 Å². The van der Waals surface area contributed by atoms with Crippen molar-refractivity contribution in [2.24, 2.45) is 88.8 Å². The molecule has 130 heavy (non-hydrogen) atoms. The van der Waals surface area contributed by atoms with Gasteiger partial charge < -0.3 is 47.4 Å². The lowest BCUT2D eigenvalue weighted by Gasteiger charge is -2.40. The van der Waals surface area contributed by atoms with E-state index in [4.69, 9.17) is 23.7 Å². The van der Waals surface area contributed by atoms with Crippen molar-refractivity contribution in [2.75, 3.05) is 0 Å². The molecule has 0 aromatic heterocycles. The standard InChI is InChI=1S/5C16H26O2Si.5C4H2O3/c5*1-16(6-8-19(2,3)9-7-16)18-15(17)14-11-12-4-5-13(14)10-12;5*5-3-1-2-4(6)7-3/h5*4-5,12-14H,6-11H2,1-3H3;5*1-2H. The molecule has 0 radical (unpaired) electrons. The molecule has 10 heterocycles. The number of ether oxygens (including phenoxy) is 10. The minimum absolute atomic E-state index is 0.0840. The number of hydrogen-bond acceptors (Lipinski definition) is 25. The summed E-state index contributed by atoms with van der Waals surface area (Å²) in [6.07, 6.45) is 55.2. The lowest BCUT2D eigenvalue weighted by molar-refractivity contribution is -0.166. The highest BCUT2D eigenvalue weighted by molar-refractivity contribution is 6.79. The molecular weight excluding hydrogens is 1740 g/mol. The van der Waals surface area contributed by atoms with E-state index in [1.54, 1.807) is 0 Å². The number of allylic oxidation sites excluding steroid dienone is 10. The highest BCUT2D eigenvalue weighted by Crippen LogP contribution is 2.52. The molecule has 0 amide bonds. The van der Waals surface area contributed by atoms with Crippen molar-refractivity contribution in [1.82, 2.24) is 0 Å². The quantitative estimate of drug-likeness (QED) is 0.0644. The first-order valence-electron chi connectivity index (χ1n) is 47.5. The van der Waals surface area contributed by atoms with E-state index in [-0.39, 0.29) is 87.4 Å². The van der Waals surface area contributed by atoms with Crippen LogP contribution in [0.3, 0.4) is 0 Å². The van der Waals surface area contributed by atoms with Crippen LogP contribution < -0.4 is 0 Å². The first kappa shape index (κ1) is 102. The Morgan fingerprint density at radius 2 is 0.346 bits per heavy atom. The molecule has 10 fully saturated rings. The summed E-state index contributed by atoms with van der Waals surface area (Å²) in [5, 5.41) is 0. The van der Waals surface area contributed by atoms with E-state index >= 15 is 0 Å². The van der Waals surface area contributed by atoms with Crippen LogP contribution in [0.1, 0.15) is 163 Å². The van der Waals surface area contributed by atoms with Crippen molar-refractivity contribution in [1.29, 1.82) is 0 Å². The van der Waals surface area contributed by atoms with Gasteiger partial charge in [0.25, 0.3) is 0 Å². The Balaban J connectivity index is 0.000000144. The van der Waals surface area contributed by atoms with Gasteiger partial charge in [0.2, 0.25) is 0 Å². The Labute approximate surface area is 771 Å². The highest BCUT2D eigenvalue weighted by atomic mass is 28.3. The van der Waals surface area contributed by atoms with Gasteiger partial charge in [-0.15, -0.1) is 0 Å². The molecular formula is C100H140O25Si5. The van der Waals surface area contributed by atoms with Crippen molar-refractivity contribution in [3.63, 3.8) is 0 Å². The number of fused-ring (bicyclic) bond motifs is 10. The van der Waals surface area contributed by atoms with Crippen LogP contribution in [0.5, 0.6) is 0 Å². The zero-order valence-corrected chi connectivity index (χ0v) is 84.1. The summed E-state index contributed by atoms with van der Waals surface area (Å²) in [5.41, 5.74) is -0.877. The minimum Gasteiger partial charge on any atom is -0.459 e. The fourth-order valence-electron chi connectivity index (χ4n) is 21.2. The maximum absolute atomic E-state index is 12.4. The van der Waals surface area contributed by atoms with Crippen LogP contribution in [0.4, 0.5) is 0 Å². The third kappa shape index (κ3) is 30.0. The number of rotatable bonds is 10. The van der Waals surface area contributed by atoms with Crippen molar-refractivity contribution < 1.29 is 119 Å². The lowest BCUT2D eigenvalue weighted by Crippen LogP contribution is -2.43. The summed E-state index contributed by atoms with van der Waals surface area (Å²) in [5.74, 6) is 0.964. The van der Waals surface area contributed by atoms with Crippen LogP contribution in [0.15, 0.2) is 122 Å². The van der Waals surface area contributed by atoms with Crippen LogP contribution in [-0.4, -0.2) is 158 Å². The van der Waals surface area contributed by atoms with Gasteiger partial charge in [0, 0.05) is 101 Å². The maximum Gasteiger partial charge on any atom is 0.338 e. The van der Waals surface area contributed by atoms with Crippen molar-refractivity contribution in [3.8, 4) is 0 Å². The topological polar surface area (TPSA) is 348 Å². The molecule has 0 spiro atoms. The van der Waals surface area contributed by atoms with Crippen molar-refractivity contribution >= 4 is 130 Å². The van der Waals surface area contributed by atoms with Gasteiger partial charge in [-0.1, -0.05) is 187 Å². The van der Waals surface area contributed by atoms with Gasteiger partial charge in [-0.05, 0) is 222 Å². The molecule has 0 aromatic rings. The summed E-state index contributed by atoms with van der Waals surface area (Å²) < 4.78 is 49.7. The number of hydrogen-bond donors (Lipinski definition) is 0. The van der Waals surface area contributed by atoms with E-state index in [1.807, 2.05) is 0 Å². The van der Waals surface area contributed by atoms with Gasteiger partial charge in [0.1, 0.15) is 28.0 Å². The molecule has 10 bridgehead atoms. The van der Waals surface area contributed by atoms with Crippen LogP contribution in [-0.2, 0) is 119 Å². The van der Waals surface area contributed by atoms with Crippen LogP contribution in [0.25, 0.3) is 0 Å². The molecule has 15 unspecified atom stereocenters. The average Bonchev–Trinajstić information content (AvgIpc) is 1.57. The predicted molar refractivity (Wildman–Crippen MR) is 500 cm³/mol. The van der Waals surface area contributed by atoms with Gasteiger partial charge >= 0.3 is 89.5 Å². The fraction of sp³-hybridized carbons (Fsp3) is 0.650. The van der Waals surface area contributed by atoms with Crippen LogP contribution in [0.2, 0.25) is 126 Å². The number of esters is 15. The Morgan fingerprint density at radius 1 is 0.223 bits per heavy atom. The summed E-state index contributed by atoms with van der Waals surface area (Å²) in [6.45, 7) is 35.3. The van der Waals surface area contributed by atoms with Gasteiger partial charge in [-0.3, -0.25) is 24.0 Å². The average molecular weight is 1880 g/mol. The fourth-order valence-corrected chi connectivity index (χ4v) is 34.5. The largest absolute Gasteiger partial charge is 0.459 e. The van der Waals surface area contributed by atoms with E-state index in [0.29, 0.717) is 59.2 Å². The number of cyclic esters (lactones) is 10. The third-order valence-corrected chi connectivity index (χ3v) is 46.8. The minimum atomic E-state index is -0.978. The van der Waals surface area contributed by atoms with Gasteiger partial charge in [-0.25, -0.2) is 47.9 Å². The number of carbonyl (C=O) groups is 15. The Hall–Kier alpha value is -8.47. The smallest absolute Gasteiger partial charge is 0.338 e. The van der Waals surface area contributed by atoms with E-state index in [2.05, 4.69) is 185 Å². The van der Waals surface area contributed by atoms with Gasteiger partial charge in [0.05, 0.1) is 29.6 Å². The SMILES string of the molecule is CC1(OC(=O)C2CC3C=CC2C3)CC[Si](C)(C)CC1.CC1(OC(=O)C2CC3C=CC2C3)CC[Si](C)(C)CC1.CC1(OC(=O)C2CC3C=CC2C3)CC[Si](C)(C)CC1.CC1(OC(=O)C2CC3C=CC2C3)CC[Si](C)(C)CC1.CC1(OC(=O)C2CC3C=CC2C3)CC[Si](C)(C)CC1.O=C1C=CC(=O)O1.O=C1C=CC(=O)O1.O=C1C=CC(=O)O1.O=C1C=CC(=O)O1.O=C1C=CC(=O)O1. The molecule has 20 aliphatic rings. The normalized spacial score (nSPS) is 32.8. The second-order valence-corrected chi connectivity index (χ2v) is 71.6. The van der Waals surface area contributed by atoms with Crippen LogP contribution >= 0.6 is 0 Å².